The Morgan fingerprint density at radius 1 is 1.47 bits per heavy atom. The minimum absolute atomic E-state index is 0.0164. The smallest absolute Gasteiger partial charge is 0.246 e. The number of likely N-dealkylation sites (N-methyl/N-ethyl adjacent to an activating group) is 1. The van der Waals surface area contributed by atoms with E-state index in [4.69, 9.17) is 11.6 Å². The third-order valence-corrected chi connectivity index (χ3v) is 3.82. The Morgan fingerprint density at radius 3 is 2.74 bits per heavy atom. The van der Waals surface area contributed by atoms with Crippen molar-refractivity contribution in [2.45, 2.75) is 32.9 Å². The second-order valence-electron chi connectivity index (χ2n) is 5.08. The first kappa shape index (κ1) is 14.2. The van der Waals surface area contributed by atoms with E-state index in [0.29, 0.717) is 11.1 Å². The molecule has 5 heteroatoms. The Morgan fingerprint density at radius 2 is 2.16 bits per heavy atom. The molecule has 0 bridgehead atoms. The lowest BCUT2D eigenvalue weighted by atomic mass is 10.1. The summed E-state index contributed by atoms with van der Waals surface area (Å²) >= 11 is 6.35. The third-order valence-electron chi connectivity index (χ3n) is 3.51. The van der Waals surface area contributed by atoms with Crippen molar-refractivity contribution >= 4 is 28.9 Å². The van der Waals surface area contributed by atoms with E-state index < -0.39 is 0 Å². The van der Waals surface area contributed by atoms with Crippen molar-refractivity contribution in [3.8, 4) is 0 Å². The molecule has 0 aliphatic carbocycles. The predicted octanol–water partition coefficient (Wildman–Crippen LogP) is 2.79. The van der Waals surface area contributed by atoms with Crippen molar-refractivity contribution in [2.24, 2.45) is 0 Å². The summed E-state index contributed by atoms with van der Waals surface area (Å²) in [7, 11) is 2.00. The van der Waals surface area contributed by atoms with Gasteiger partial charge in [-0.25, -0.2) is 0 Å². The van der Waals surface area contributed by atoms with E-state index in [2.05, 4.69) is 29.4 Å². The lowest BCUT2D eigenvalue weighted by Crippen LogP contribution is -2.27. The van der Waals surface area contributed by atoms with Crippen molar-refractivity contribution in [1.29, 1.82) is 0 Å². The van der Waals surface area contributed by atoms with Crippen LogP contribution in [0.25, 0.3) is 0 Å². The summed E-state index contributed by atoms with van der Waals surface area (Å²) in [5.41, 5.74) is 2.72. The SMILES string of the molecule is CCNC1C(=O)Nc2cc(N(C)C(C)C)c(Cl)cc21. The molecule has 0 saturated carbocycles. The lowest BCUT2D eigenvalue weighted by molar-refractivity contribution is -0.117. The van der Waals surface area contributed by atoms with E-state index in [1.54, 1.807) is 0 Å². The van der Waals surface area contributed by atoms with Crippen LogP contribution in [0.3, 0.4) is 0 Å². The van der Waals surface area contributed by atoms with Gasteiger partial charge in [0.15, 0.2) is 0 Å². The van der Waals surface area contributed by atoms with Crippen LogP contribution < -0.4 is 15.5 Å². The maximum atomic E-state index is 11.9. The molecule has 2 rings (SSSR count). The number of nitrogens with one attached hydrogen (secondary N) is 2. The Bertz CT molecular complexity index is 502. The second-order valence-corrected chi connectivity index (χ2v) is 5.48. The highest BCUT2D eigenvalue weighted by Gasteiger charge is 2.31. The average Bonchev–Trinajstić information content (AvgIpc) is 2.64. The van der Waals surface area contributed by atoms with E-state index in [-0.39, 0.29) is 11.9 Å². The van der Waals surface area contributed by atoms with Crippen molar-refractivity contribution in [2.75, 3.05) is 23.8 Å². The highest BCUT2D eigenvalue weighted by Crippen LogP contribution is 2.38. The Balaban J connectivity index is 2.41. The molecule has 1 aromatic carbocycles. The first-order valence-electron chi connectivity index (χ1n) is 6.56. The molecule has 104 valence electrons. The van der Waals surface area contributed by atoms with E-state index in [0.717, 1.165) is 23.5 Å². The van der Waals surface area contributed by atoms with Gasteiger partial charge in [0.25, 0.3) is 0 Å². The van der Waals surface area contributed by atoms with Crippen LogP contribution in [0.4, 0.5) is 11.4 Å². The zero-order valence-electron chi connectivity index (χ0n) is 11.7. The van der Waals surface area contributed by atoms with E-state index >= 15 is 0 Å². The van der Waals surface area contributed by atoms with Gasteiger partial charge in [-0.2, -0.15) is 0 Å². The molecule has 1 atom stereocenters. The number of hydrogen-bond donors (Lipinski definition) is 2. The number of anilines is 2. The number of carbonyl (C=O) groups is 1. The average molecular weight is 282 g/mol. The van der Waals surface area contributed by atoms with Crippen LogP contribution >= 0.6 is 11.6 Å². The standard InChI is InChI=1S/C14H20ClN3O/c1-5-16-13-9-6-10(15)12(18(4)8(2)3)7-11(9)17-14(13)19/h6-8,13,16H,5H2,1-4H3,(H,17,19). The monoisotopic (exact) mass is 281 g/mol. The zero-order valence-corrected chi connectivity index (χ0v) is 12.5. The van der Waals surface area contributed by atoms with Gasteiger partial charge in [0.05, 0.1) is 10.7 Å². The van der Waals surface area contributed by atoms with Gasteiger partial charge >= 0.3 is 0 Å². The van der Waals surface area contributed by atoms with Crippen molar-refractivity contribution in [1.82, 2.24) is 5.32 Å². The topological polar surface area (TPSA) is 44.4 Å². The molecule has 0 radical (unpaired) electrons. The molecule has 2 N–H and O–H groups in total. The largest absolute Gasteiger partial charge is 0.371 e. The summed E-state index contributed by atoms with van der Waals surface area (Å²) in [6.45, 7) is 6.92. The quantitative estimate of drug-likeness (QED) is 0.892. The molecule has 0 spiro atoms. The predicted molar refractivity (Wildman–Crippen MR) is 80.0 cm³/mol. The molecule has 1 aromatic rings. The first-order valence-corrected chi connectivity index (χ1v) is 6.94. The fourth-order valence-electron chi connectivity index (χ4n) is 2.23. The van der Waals surface area contributed by atoms with Crippen molar-refractivity contribution in [3.63, 3.8) is 0 Å². The summed E-state index contributed by atoms with van der Waals surface area (Å²) in [6, 6.07) is 3.89. The maximum absolute atomic E-state index is 11.9. The summed E-state index contributed by atoms with van der Waals surface area (Å²) in [5.74, 6) is -0.0164. The highest BCUT2D eigenvalue weighted by molar-refractivity contribution is 6.33. The highest BCUT2D eigenvalue weighted by atomic mass is 35.5. The maximum Gasteiger partial charge on any atom is 0.246 e. The van der Waals surface area contributed by atoms with Gasteiger partial charge in [-0.05, 0) is 32.5 Å². The van der Waals surface area contributed by atoms with Crippen LogP contribution in [-0.4, -0.2) is 25.5 Å². The van der Waals surface area contributed by atoms with Gasteiger partial charge in [0.1, 0.15) is 6.04 Å². The number of carbonyl (C=O) groups excluding carboxylic acids is 1. The van der Waals surface area contributed by atoms with Crippen LogP contribution in [0.2, 0.25) is 5.02 Å². The number of fused-ring (bicyclic) bond motifs is 1. The van der Waals surface area contributed by atoms with Crippen LogP contribution in [0.5, 0.6) is 0 Å². The van der Waals surface area contributed by atoms with Gasteiger partial charge in [0.2, 0.25) is 5.91 Å². The van der Waals surface area contributed by atoms with Gasteiger partial charge < -0.3 is 15.5 Å². The molecule has 1 aliphatic rings. The summed E-state index contributed by atoms with van der Waals surface area (Å²) < 4.78 is 0. The first-order chi connectivity index (χ1) is 8.95. The lowest BCUT2D eigenvalue weighted by Gasteiger charge is -2.25. The number of halogens is 1. The zero-order chi connectivity index (χ0) is 14.2. The minimum atomic E-state index is -0.295. The van der Waals surface area contributed by atoms with Crippen molar-refractivity contribution < 1.29 is 4.79 Å². The fraction of sp³-hybridized carbons (Fsp3) is 0.500. The molecule has 1 unspecified atom stereocenters. The Labute approximate surface area is 119 Å². The third kappa shape index (κ3) is 2.55. The van der Waals surface area contributed by atoms with Crippen molar-refractivity contribution in [3.05, 3.63) is 22.7 Å². The summed E-state index contributed by atoms with van der Waals surface area (Å²) in [4.78, 5) is 14.0. The number of amides is 1. The summed E-state index contributed by atoms with van der Waals surface area (Å²) in [6.07, 6.45) is 0. The molecule has 0 saturated heterocycles. The molecule has 4 nitrogen and oxygen atoms in total. The molecule has 0 aromatic heterocycles. The molecule has 19 heavy (non-hydrogen) atoms. The van der Waals surface area contributed by atoms with Gasteiger partial charge in [-0.3, -0.25) is 4.79 Å². The van der Waals surface area contributed by atoms with Crippen LogP contribution in [0.15, 0.2) is 12.1 Å². The number of nitrogens with zero attached hydrogens (tertiary/aromatic N) is 1. The number of benzene rings is 1. The van der Waals surface area contributed by atoms with Gasteiger partial charge in [-0.15, -0.1) is 0 Å². The van der Waals surface area contributed by atoms with E-state index in [9.17, 15) is 4.79 Å². The van der Waals surface area contributed by atoms with E-state index in [1.807, 2.05) is 26.1 Å². The molecule has 1 heterocycles. The normalized spacial score (nSPS) is 17.6. The molecular weight excluding hydrogens is 262 g/mol. The van der Waals surface area contributed by atoms with Crippen LogP contribution in [0.1, 0.15) is 32.4 Å². The van der Waals surface area contributed by atoms with Crippen LogP contribution in [-0.2, 0) is 4.79 Å². The second kappa shape index (κ2) is 5.39. The molecular formula is C14H20ClN3O. The van der Waals surface area contributed by atoms with Gasteiger partial charge in [-0.1, -0.05) is 18.5 Å². The Hall–Kier alpha value is -1.26. The number of rotatable bonds is 4. The van der Waals surface area contributed by atoms with Gasteiger partial charge in [0, 0.05) is 24.3 Å². The number of hydrogen-bond acceptors (Lipinski definition) is 3. The Kier molecular flexibility index (Phi) is 4.02. The van der Waals surface area contributed by atoms with E-state index in [1.165, 1.54) is 0 Å². The summed E-state index contributed by atoms with van der Waals surface area (Å²) in [5, 5.41) is 6.75. The molecule has 0 fully saturated rings. The molecule has 1 amide bonds. The molecule has 1 aliphatic heterocycles. The minimum Gasteiger partial charge on any atom is -0.371 e. The fourth-order valence-corrected chi connectivity index (χ4v) is 2.53. The van der Waals surface area contributed by atoms with Crippen LogP contribution in [0, 0.1) is 0 Å².